The second kappa shape index (κ2) is 4.28. The molecule has 0 amide bonds. The molecule has 0 aliphatic heterocycles. The van der Waals surface area contributed by atoms with E-state index in [0.29, 0.717) is 17.3 Å². The van der Waals surface area contributed by atoms with E-state index < -0.39 is 5.82 Å². The lowest BCUT2D eigenvalue weighted by Gasteiger charge is -2.04. The fraction of sp³-hybridized carbons (Fsp3) is 0.250. The lowest BCUT2D eigenvalue weighted by Crippen LogP contribution is -2.06. The van der Waals surface area contributed by atoms with Gasteiger partial charge in [-0.25, -0.2) is 4.39 Å². The summed E-state index contributed by atoms with van der Waals surface area (Å²) in [7, 11) is 0. The van der Waals surface area contributed by atoms with E-state index in [9.17, 15) is 4.39 Å². The van der Waals surface area contributed by atoms with E-state index in [0.717, 1.165) is 0 Å². The molecule has 0 heterocycles. The molecule has 0 spiro atoms. The van der Waals surface area contributed by atoms with Crippen LogP contribution in [0.3, 0.4) is 0 Å². The van der Waals surface area contributed by atoms with E-state index in [4.69, 9.17) is 16.7 Å². The Morgan fingerprint density at radius 2 is 2.25 bits per heavy atom. The summed E-state index contributed by atoms with van der Waals surface area (Å²) >= 11 is 5.53. The topological polar surface area (TPSA) is 32.3 Å². The van der Waals surface area contributed by atoms with Crippen LogP contribution in [0.25, 0.3) is 0 Å². The van der Waals surface area contributed by atoms with E-state index >= 15 is 0 Å². The molecule has 0 aliphatic rings. The molecule has 66 valence electrons. The zero-order chi connectivity index (χ0) is 8.97. The number of nitrogens with one attached hydrogen (secondary N) is 1. The Labute approximate surface area is 75.0 Å². The summed E-state index contributed by atoms with van der Waals surface area (Å²) in [5.41, 5.74) is 0.355. The maximum atomic E-state index is 12.9. The molecule has 1 rings (SSSR count). The van der Waals surface area contributed by atoms with Gasteiger partial charge in [0.05, 0.1) is 12.3 Å². The molecule has 0 bridgehead atoms. The van der Waals surface area contributed by atoms with Crippen LogP contribution in [-0.2, 0) is 0 Å². The number of hydrogen-bond donors (Lipinski definition) is 2. The monoisotopic (exact) mass is 189 g/mol. The molecule has 0 saturated carbocycles. The van der Waals surface area contributed by atoms with Crippen molar-refractivity contribution in [3.63, 3.8) is 0 Å². The number of aliphatic hydroxyl groups is 1. The van der Waals surface area contributed by atoms with Gasteiger partial charge in [-0.2, -0.15) is 0 Å². The standard InChI is InChI=1S/C8H9ClFNO/c9-6-1-2-8(7(10)5-6)11-3-4-12/h1-2,5,11-12H,3-4H2. The van der Waals surface area contributed by atoms with Gasteiger partial charge in [0.25, 0.3) is 0 Å². The molecular weight excluding hydrogens is 181 g/mol. The fourth-order valence-corrected chi connectivity index (χ4v) is 0.982. The van der Waals surface area contributed by atoms with E-state index in [1.807, 2.05) is 0 Å². The Bertz CT molecular complexity index is 267. The van der Waals surface area contributed by atoms with Crippen LogP contribution in [0.1, 0.15) is 0 Å². The number of anilines is 1. The third kappa shape index (κ3) is 2.36. The molecule has 0 saturated heterocycles. The summed E-state index contributed by atoms with van der Waals surface area (Å²) in [4.78, 5) is 0. The molecule has 0 aromatic heterocycles. The van der Waals surface area contributed by atoms with Gasteiger partial charge in [0.2, 0.25) is 0 Å². The van der Waals surface area contributed by atoms with Gasteiger partial charge in [0.15, 0.2) is 0 Å². The van der Waals surface area contributed by atoms with Crippen molar-refractivity contribution in [1.82, 2.24) is 0 Å². The van der Waals surface area contributed by atoms with Crippen LogP contribution in [0.4, 0.5) is 10.1 Å². The van der Waals surface area contributed by atoms with Gasteiger partial charge in [-0.15, -0.1) is 0 Å². The first-order valence-corrected chi connectivity index (χ1v) is 3.91. The minimum atomic E-state index is -0.407. The van der Waals surface area contributed by atoms with E-state index in [2.05, 4.69) is 5.32 Å². The second-order valence-electron chi connectivity index (χ2n) is 2.27. The van der Waals surface area contributed by atoms with Gasteiger partial charge >= 0.3 is 0 Å². The molecular formula is C8H9ClFNO. The Morgan fingerprint density at radius 3 is 2.83 bits per heavy atom. The SMILES string of the molecule is OCCNc1ccc(Cl)cc1F. The third-order valence-electron chi connectivity index (χ3n) is 1.36. The quantitative estimate of drug-likeness (QED) is 0.761. The minimum Gasteiger partial charge on any atom is -0.395 e. The maximum Gasteiger partial charge on any atom is 0.147 e. The second-order valence-corrected chi connectivity index (χ2v) is 2.71. The summed E-state index contributed by atoms with van der Waals surface area (Å²) in [6.45, 7) is 0.306. The largest absolute Gasteiger partial charge is 0.395 e. The Hall–Kier alpha value is -0.800. The minimum absolute atomic E-state index is 0.0257. The van der Waals surface area contributed by atoms with Crippen LogP contribution in [0.2, 0.25) is 5.02 Å². The fourth-order valence-electron chi connectivity index (χ4n) is 0.823. The molecule has 4 heteroatoms. The molecule has 0 aliphatic carbocycles. The van der Waals surface area contributed by atoms with Gasteiger partial charge < -0.3 is 10.4 Å². The molecule has 1 aromatic rings. The highest BCUT2D eigenvalue weighted by Crippen LogP contribution is 2.18. The predicted molar refractivity (Wildman–Crippen MR) is 47.0 cm³/mol. The van der Waals surface area contributed by atoms with Crippen molar-refractivity contribution < 1.29 is 9.50 Å². The normalized spacial score (nSPS) is 9.92. The maximum absolute atomic E-state index is 12.9. The molecule has 2 N–H and O–H groups in total. The molecule has 1 aromatic carbocycles. The Morgan fingerprint density at radius 1 is 1.50 bits per heavy atom. The number of halogens is 2. The first kappa shape index (κ1) is 9.29. The molecule has 2 nitrogen and oxygen atoms in total. The zero-order valence-electron chi connectivity index (χ0n) is 6.35. The van der Waals surface area contributed by atoms with Crippen molar-refractivity contribution in [2.45, 2.75) is 0 Å². The van der Waals surface area contributed by atoms with Gasteiger partial charge in [0, 0.05) is 11.6 Å². The summed E-state index contributed by atoms with van der Waals surface area (Å²) < 4.78 is 12.9. The summed E-state index contributed by atoms with van der Waals surface area (Å²) in [5.74, 6) is -0.407. The molecule has 0 unspecified atom stereocenters. The van der Waals surface area contributed by atoms with Crippen LogP contribution in [0.15, 0.2) is 18.2 Å². The van der Waals surface area contributed by atoms with Crippen LogP contribution >= 0.6 is 11.6 Å². The van der Waals surface area contributed by atoms with Gasteiger partial charge in [-0.1, -0.05) is 11.6 Å². The van der Waals surface area contributed by atoms with Gasteiger partial charge in [-0.3, -0.25) is 0 Å². The summed E-state index contributed by atoms with van der Waals surface area (Å²) in [6.07, 6.45) is 0. The van der Waals surface area contributed by atoms with Crippen LogP contribution in [0.5, 0.6) is 0 Å². The number of aliphatic hydroxyl groups excluding tert-OH is 1. The predicted octanol–water partition coefficient (Wildman–Crippen LogP) is 1.88. The smallest absolute Gasteiger partial charge is 0.147 e. The first-order chi connectivity index (χ1) is 5.74. The summed E-state index contributed by atoms with van der Waals surface area (Å²) in [5, 5.41) is 11.5. The van der Waals surface area contributed by atoms with E-state index in [1.54, 1.807) is 6.07 Å². The Kier molecular flexibility index (Phi) is 3.31. The van der Waals surface area contributed by atoms with Crippen molar-refractivity contribution in [2.24, 2.45) is 0 Å². The summed E-state index contributed by atoms with van der Waals surface area (Å²) in [6, 6.07) is 4.35. The lowest BCUT2D eigenvalue weighted by molar-refractivity contribution is 0.311. The zero-order valence-corrected chi connectivity index (χ0v) is 7.11. The number of benzene rings is 1. The molecule has 12 heavy (non-hydrogen) atoms. The van der Waals surface area contributed by atoms with Crippen LogP contribution in [0, 0.1) is 5.82 Å². The highest BCUT2D eigenvalue weighted by Gasteiger charge is 2.00. The van der Waals surface area contributed by atoms with Crippen molar-refractivity contribution in [3.8, 4) is 0 Å². The van der Waals surface area contributed by atoms with E-state index in [-0.39, 0.29) is 6.61 Å². The van der Waals surface area contributed by atoms with Gasteiger partial charge in [-0.05, 0) is 18.2 Å². The van der Waals surface area contributed by atoms with Crippen LogP contribution in [-0.4, -0.2) is 18.3 Å². The van der Waals surface area contributed by atoms with Crippen molar-refractivity contribution in [3.05, 3.63) is 29.0 Å². The third-order valence-corrected chi connectivity index (χ3v) is 1.59. The average molecular weight is 190 g/mol. The van der Waals surface area contributed by atoms with Crippen molar-refractivity contribution >= 4 is 17.3 Å². The molecule has 0 fully saturated rings. The van der Waals surface area contributed by atoms with Gasteiger partial charge in [0.1, 0.15) is 5.82 Å². The van der Waals surface area contributed by atoms with E-state index in [1.165, 1.54) is 12.1 Å². The molecule has 0 atom stereocenters. The Balaban J connectivity index is 2.72. The van der Waals surface area contributed by atoms with Crippen molar-refractivity contribution in [1.29, 1.82) is 0 Å². The molecule has 0 radical (unpaired) electrons. The highest BCUT2D eigenvalue weighted by molar-refractivity contribution is 6.30. The first-order valence-electron chi connectivity index (χ1n) is 3.54. The number of hydrogen-bond acceptors (Lipinski definition) is 2. The van der Waals surface area contributed by atoms with Crippen molar-refractivity contribution in [2.75, 3.05) is 18.5 Å². The average Bonchev–Trinajstić information content (AvgIpc) is 2.03. The lowest BCUT2D eigenvalue weighted by atomic mass is 10.3. The van der Waals surface area contributed by atoms with Crippen LogP contribution < -0.4 is 5.32 Å². The number of rotatable bonds is 3. The highest BCUT2D eigenvalue weighted by atomic mass is 35.5.